The molecule has 1 aliphatic heterocycles. The summed E-state index contributed by atoms with van der Waals surface area (Å²) in [5.41, 5.74) is 0. The van der Waals surface area contributed by atoms with Gasteiger partial charge in [-0.1, -0.05) is 18.5 Å². The summed E-state index contributed by atoms with van der Waals surface area (Å²) in [5.74, 6) is 2.28. The zero-order chi connectivity index (χ0) is 13.9. The molecule has 0 saturated heterocycles. The highest BCUT2D eigenvalue weighted by molar-refractivity contribution is 6.32. The maximum atomic E-state index is 6.23. The van der Waals surface area contributed by atoms with Crippen LogP contribution in [0.25, 0.3) is 0 Å². The number of nitrogens with one attached hydrogen (secondary N) is 1. The normalized spacial score (nSPS) is 14.2. The van der Waals surface area contributed by atoms with Crippen molar-refractivity contribution in [1.29, 1.82) is 0 Å². The maximum Gasteiger partial charge on any atom is 0.224 e. The molecule has 2 aromatic heterocycles. The van der Waals surface area contributed by atoms with E-state index in [1.54, 1.807) is 12.5 Å². The first-order valence-electron chi connectivity index (χ1n) is 6.66. The van der Waals surface area contributed by atoms with Gasteiger partial charge in [0, 0.05) is 19.6 Å². The maximum absolute atomic E-state index is 6.23. The van der Waals surface area contributed by atoms with E-state index in [-0.39, 0.29) is 0 Å². The van der Waals surface area contributed by atoms with Gasteiger partial charge in [-0.25, -0.2) is 4.98 Å². The van der Waals surface area contributed by atoms with Crippen LogP contribution in [0.3, 0.4) is 0 Å². The van der Waals surface area contributed by atoms with Crippen molar-refractivity contribution in [3.8, 4) is 0 Å². The van der Waals surface area contributed by atoms with Gasteiger partial charge in [-0.3, -0.25) is 0 Å². The van der Waals surface area contributed by atoms with Gasteiger partial charge in [0.2, 0.25) is 5.95 Å². The van der Waals surface area contributed by atoms with E-state index in [1.807, 2.05) is 4.57 Å². The Bertz CT molecular complexity index is 597. The number of halogens is 1. The standard InChI is InChI=1S/C12H16ClN7/c1-2-3-14-12-15-6-9(13)11(17-12)19-4-5-20-8-16-18-10(20)7-19/h6,8H,2-5,7H2,1H3,(H,14,15,17). The molecule has 3 rings (SSSR count). The minimum absolute atomic E-state index is 0.556. The van der Waals surface area contributed by atoms with E-state index in [0.29, 0.717) is 17.5 Å². The molecule has 0 aromatic carbocycles. The Labute approximate surface area is 122 Å². The highest BCUT2D eigenvalue weighted by Crippen LogP contribution is 2.26. The molecule has 0 spiro atoms. The Morgan fingerprint density at radius 2 is 2.30 bits per heavy atom. The second-order valence-electron chi connectivity index (χ2n) is 4.65. The molecule has 8 heteroatoms. The van der Waals surface area contributed by atoms with Crippen LogP contribution in [0, 0.1) is 0 Å². The van der Waals surface area contributed by atoms with Crippen molar-refractivity contribution < 1.29 is 0 Å². The molecule has 2 aromatic rings. The molecule has 1 N–H and O–H groups in total. The van der Waals surface area contributed by atoms with Crippen molar-refractivity contribution in [3.05, 3.63) is 23.4 Å². The second-order valence-corrected chi connectivity index (χ2v) is 5.06. The molecule has 106 valence electrons. The number of fused-ring (bicyclic) bond motifs is 1. The summed E-state index contributed by atoms with van der Waals surface area (Å²) in [6.07, 6.45) is 4.41. The van der Waals surface area contributed by atoms with E-state index in [2.05, 4.69) is 37.3 Å². The van der Waals surface area contributed by atoms with E-state index in [0.717, 1.165) is 37.7 Å². The van der Waals surface area contributed by atoms with Crippen molar-refractivity contribution in [2.45, 2.75) is 26.4 Å². The third-order valence-corrected chi connectivity index (χ3v) is 3.46. The van der Waals surface area contributed by atoms with E-state index in [4.69, 9.17) is 11.6 Å². The molecular weight excluding hydrogens is 278 g/mol. The molecular formula is C12H16ClN7. The van der Waals surface area contributed by atoms with Crippen LogP contribution in [0.5, 0.6) is 0 Å². The fourth-order valence-electron chi connectivity index (χ4n) is 2.15. The number of nitrogens with zero attached hydrogens (tertiary/aromatic N) is 6. The Balaban J connectivity index is 1.83. The fraction of sp³-hybridized carbons (Fsp3) is 0.500. The summed E-state index contributed by atoms with van der Waals surface area (Å²) in [6, 6.07) is 0. The lowest BCUT2D eigenvalue weighted by Gasteiger charge is -2.28. The minimum Gasteiger partial charge on any atom is -0.354 e. The quantitative estimate of drug-likeness (QED) is 0.922. The van der Waals surface area contributed by atoms with Gasteiger partial charge in [-0.05, 0) is 6.42 Å². The van der Waals surface area contributed by atoms with Crippen LogP contribution in [-0.2, 0) is 13.1 Å². The molecule has 3 heterocycles. The molecule has 0 aliphatic carbocycles. The average Bonchev–Trinajstić information content (AvgIpc) is 2.93. The van der Waals surface area contributed by atoms with Gasteiger partial charge in [-0.15, -0.1) is 10.2 Å². The number of hydrogen-bond donors (Lipinski definition) is 1. The number of aromatic nitrogens is 5. The molecule has 7 nitrogen and oxygen atoms in total. The van der Waals surface area contributed by atoms with Crippen LogP contribution >= 0.6 is 11.6 Å². The third kappa shape index (κ3) is 2.53. The Hall–Kier alpha value is -1.89. The van der Waals surface area contributed by atoms with E-state index in [1.165, 1.54) is 0 Å². The van der Waals surface area contributed by atoms with Crippen molar-refractivity contribution in [2.75, 3.05) is 23.3 Å². The van der Waals surface area contributed by atoms with Crippen LogP contribution in [0.2, 0.25) is 5.02 Å². The topological polar surface area (TPSA) is 71.8 Å². The Morgan fingerprint density at radius 1 is 1.40 bits per heavy atom. The van der Waals surface area contributed by atoms with Gasteiger partial charge in [0.25, 0.3) is 0 Å². The van der Waals surface area contributed by atoms with Gasteiger partial charge in [0.05, 0.1) is 12.7 Å². The molecule has 0 unspecified atom stereocenters. The summed E-state index contributed by atoms with van der Waals surface area (Å²) in [6.45, 7) is 5.26. The van der Waals surface area contributed by atoms with Crippen LogP contribution in [-0.4, -0.2) is 37.8 Å². The SMILES string of the molecule is CCCNc1ncc(Cl)c(N2CCn3cnnc3C2)n1. The summed E-state index contributed by atoms with van der Waals surface area (Å²) in [5, 5.41) is 11.8. The molecule has 0 radical (unpaired) electrons. The van der Waals surface area contributed by atoms with Gasteiger partial charge in [0.1, 0.15) is 11.3 Å². The predicted molar refractivity (Wildman–Crippen MR) is 76.9 cm³/mol. The van der Waals surface area contributed by atoms with Crippen LogP contribution in [0.15, 0.2) is 12.5 Å². The first-order chi connectivity index (χ1) is 9.78. The fourth-order valence-corrected chi connectivity index (χ4v) is 2.36. The largest absolute Gasteiger partial charge is 0.354 e. The number of anilines is 2. The number of rotatable bonds is 4. The van der Waals surface area contributed by atoms with Crippen molar-refractivity contribution in [1.82, 2.24) is 24.7 Å². The lowest BCUT2D eigenvalue weighted by molar-refractivity contribution is 0.556. The monoisotopic (exact) mass is 293 g/mol. The van der Waals surface area contributed by atoms with Gasteiger partial charge < -0.3 is 14.8 Å². The summed E-state index contributed by atoms with van der Waals surface area (Å²) < 4.78 is 2.04. The van der Waals surface area contributed by atoms with Crippen molar-refractivity contribution in [2.24, 2.45) is 0 Å². The van der Waals surface area contributed by atoms with Crippen LogP contribution in [0.1, 0.15) is 19.2 Å². The van der Waals surface area contributed by atoms with Gasteiger partial charge in [0.15, 0.2) is 11.6 Å². The molecule has 20 heavy (non-hydrogen) atoms. The van der Waals surface area contributed by atoms with Gasteiger partial charge in [-0.2, -0.15) is 4.98 Å². The van der Waals surface area contributed by atoms with E-state index < -0.39 is 0 Å². The Morgan fingerprint density at radius 3 is 3.15 bits per heavy atom. The lowest BCUT2D eigenvalue weighted by Crippen LogP contribution is -2.34. The van der Waals surface area contributed by atoms with Crippen LogP contribution < -0.4 is 10.2 Å². The molecule has 0 amide bonds. The average molecular weight is 294 g/mol. The van der Waals surface area contributed by atoms with Gasteiger partial charge >= 0.3 is 0 Å². The smallest absolute Gasteiger partial charge is 0.224 e. The molecule has 0 saturated carbocycles. The van der Waals surface area contributed by atoms with Crippen molar-refractivity contribution >= 4 is 23.4 Å². The van der Waals surface area contributed by atoms with Crippen molar-refractivity contribution in [3.63, 3.8) is 0 Å². The molecule has 0 bridgehead atoms. The molecule has 1 aliphatic rings. The zero-order valence-corrected chi connectivity index (χ0v) is 12.0. The van der Waals surface area contributed by atoms with Crippen LogP contribution in [0.4, 0.5) is 11.8 Å². The molecule has 0 fully saturated rings. The zero-order valence-electron chi connectivity index (χ0n) is 11.3. The van der Waals surface area contributed by atoms with E-state index >= 15 is 0 Å². The number of hydrogen-bond acceptors (Lipinski definition) is 6. The highest BCUT2D eigenvalue weighted by Gasteiger charge is 2.21. The summed E-state index contributed by atoms with van der Waals surface area (Å²) in [7, 11) is 0. The summed E-state index contributed by atoms with van der Waals surface area (Å²) in [4.78, 5) is 10.8. The highest BCUT2D eigenvalue weighted by atomic mass is 35.5. The van der Waals surface area contributed by atoms with E-state index in [9.17, 15) is 0 Å². The third-order valence-electron chi connectivity index (χ3n) is 3.20. The first-order valence-corrected chi connectivity index (χ1v) is 7.03. The first kappa shape index (κ1) is 13.1. The lowest BCUT2D eigenvalue weighted by atomic mass is 10.3. The Kier molecular flexibility index (Phi) is 3.68. The second kappa shape index (κ2) is 5.62. The summed E-state index contributed by atoms with van der Waals surface area (Å²) >= 11 is 6.23. The minimum atomic E-state index is 0.556. The predicted octanol–water partition coefficient (Wildman–Crippen LogP) is 1.56. The molecule has 0 atom stereocenters.